The Labute approximate surface area is 116 Å². The fraction of sp³-hybridized carbons (Fsp3) is 0.385. The number of anilines is 1. The zero-order valence-electron chi connectivity index (χ0n) is 11.1. The van der Waals surface area contributed by atoms with E-state index in [0.29, 0.717) is 11.4 Å². The number of hydrogen-bond donors (Lipinski definition) is 3. The minimum Gasteiger partial charge on any atom is -0.496 e. The summed E-state index contributed by atoms with van der Waals surface area (Å²) in [5, 5.41) is 9.64. The molecule has 1 aliphatic heterocycles. The van der Waals surface area contributed by atoms with Gasteiger partial charge in [0.25, 0.3) is 5.91 Å². The minimum atomic E-state index is -0.816. The summed E-state index contributed by atoms with van der Waals surface area (Å²) in [7, 11) is 1.44. The van der Waals surface area contributed by atoms with Crippen molar-refractivity contribution in [3.63, 3.8) is 0 Å². The molecule has 5 N–H and O–H groups in total. The van der Waals surface area contributed by atoms with Gasteiger partial charge in [-0.15, -0.1) is 0 Å². The van der Waals surface area contributed by atoms with E-state index in [9.17, 15) is 14.7 Å². The van der Waals surface area contributed by atoms with Crippen LogP contribution in [-0.2, 0) is 4.79 Å². The number of nitrogen functional groups attached to an aromatic ring is 1. The molecule has 2 atom stereocenters. The number of likely N-dealkylation sites (tertiary alicyclic amines) is 1. The predicted octanol–water partition coefficient (Wildman–Crippen LogP) is -0.662. The quantitative estimate of drug-likeness (QED) is 0.634. The largest absolute Gasteiger partial charge is 0.496 e. The minimum absolute atomic E-state index is 0.0599. The highest BCUT2D eigenvalue weighted by Crippen LogP contribution is 2.26. The van der Waals surface area contributed by atoms with Crippen molar-refractivity contribution >= 4 is 17.5 Å². The van der Waals surface area contributed by atoms with E-state index in [2.05, 4.69) is 0 Å². The van der Waals surface area contributed by atoms with Crippen molar-refractivity contribution < 1.29 is 19.4 Å². The maximum absolute atomic E-state index is 12.5. The first kappa shape index (κ1) is 14.1. The fourth-order valence-corrected chi connectivity index (χ4v) is 2.36. The Kier molecular flexibility index (Phi) is 3.80. The second-order valence-corrected chi connectivity index (χ2v) is 4.72. The summed E-state index contributed by atoms with van der Waals surface area (Å²) in [5.41, 5.74) is 11.6. The third kappa shape index (κ3) is 2.53. The maximum atomic E-state index is 12.5. The van der Waals surface area contributed by atoms with E-state index in [0.717, 1.165) is 0 Å². The molecule has 1 saturated heterocycles. The van der Waals surface area contributed by atoms with Crippen LogP contribution in [-0.4, -0.2) is 47.6 Å². The van der Waals surface area contributed by atoms with Gasteiger partial charge in [-0.25, -0.2) is 0 Å². The zero-order valence-corrected chi connectivity index (χ0v) is 11.1. The van der Waals surface area contributed by atoms with Gasteiger partial charge < -0.3 is 26.2 Å². The number of carbonyl (C=O) groups excluding carboxylic acids is 2. The van der Waals surface area contributed by atoms with Gasteiger partial charge in [0.15, 0.2) is 0 Å². The van der Waals surface area contributed by atoms with Gasteiger partial charge in [0.1, 0.15) is 11.8 Å². The molecule has 0 aliphatic carbocycles. The molecule has 1 fully saturated rings. The number of benzene rings is 1. The number of primary amides is 1. The first-order chi connectivity index (χ1) is 9.43. The average molecular weight is 279 g/mol. The lowest BCUT2D eigenvalue weighted by molar-refractivity contribution is -0.121. The average Bonchev–Trinajstić information content (AvgIpc) is 2.80. The van der Waals surface area contributed by atoms with Crippen molar-refractivity contribution in [1.29, 1.82) is 0 Å². The fourth-order valence-electron chi connectivity index (χ4n) is 2.36. The van der Waals surface area contributed by atoms with Gasteiger partial charge >= 0.3 is 0 Å². The molecule has 1 heterocycles. The van der Waals surface area contributed by atoms with Crippen LogP contribution in [0.2, 0.25) is 0 Å². The predicted molar refractivity (Wildman–Crippen MR) is 72.0 cm³/mol. The standard InChI is InChI=1S/C13H17N3O4/c1-20-11-3-2-7(14)4-9(11)13(19)16-6-8(17)5-10(16)12(15)18/h2-4,8,10,17H,5-6,14H2,1H3,(H2,15,18). The summed E-state index contributed by atoms with van der Waals surface area (Å²) in [6.07, 6.45) is -0.616. The summed E-state index contributed by atoms with van der Waals surface area (Å²) in [6, 6.07) is 3.85. The molecular formula is C13H17N3O4. The molecule has 1 aromatic rings. The van der Waals surface area contributed by atoms with Gasteiger partial charge in [-0.3, -0.25) is 9.59 Å². The zero-order chi connectivity index (χ0) is 14.9. The van der Waals surface area contributed by atoms with Crippen LogP contribution in [0.25, 0.3) is 0 Å². The lowest BCUT2D eigenvalue weighted by atomic mass is 10.1. The topological polar surface area (TPSA) is 119 Å². The van der Waals surface area contributed by atoms with Gasteiger partial charge in [-0.2, -0.15) is 0 Å². The van der Waals surface area contributed by atoms with E-state index in [1.165, 1.54) is 18.1 Å². The Bertz CT molecular complexity index is 546. The number of carbonyl (C=O) groups is 2. The van der Waals surface area contributed by atoms with Gasteiger partial charge in [0.2, 0.25) is 5.91 Å². The second kappa shape index (κ2) is 5.38. The summed E-state index contributed by atoms with van der Waals surface area (Å²) in [5.74, 6) is -0.721. The number of β-amino-alcohol motifs (C(OH)–C–C–N with tert-alkyl or cyclic N) is 1. The Hall–Kier alpha value is -2.28. The number of rotatable bonds is 3. The van der Waals surface area contributed by atoms with Crippen molar-refractivity contribution in [3.05, 3.63) is 23.8 Å². The van der Waals surface area contributed by atoms with Crippen molar-refractivity contribution in [1.82, 2.24) is 4.90 Å². The van der Waals surface area contributed by atoms with E-state index < -0.39 is 24.0 Å². The first-order valence-electron chi connectivity index (χ1n) is 6.16. The third-order valence-electron chi connectivity index (χ3n) is 3.32. The van der Waals surface area contributed by atoms with E-state index in [1.54, 1.807) is 12.1 Å². The second-order valence-electron chi connectivity index (χ2n) is 4.72. The Balaban J connectivity index is 2.35. The first-order valence-corrected chi connectivity index (χ1v) is 6.16. The lowest BCUT2D eigenvalue weighted by Gasteiger charge is -2.23. The molecule has 2 unspecified atom stereocenters. The smallest absolute Gasteiger partial charge is 0.258 e. The van der Waals surface area contributed by atoms with Crippen LogP contribution in [0.15, 0.2) is 18.2 Å². The highest BCUT2D eigenvalue weighted by Gasteiger charge is 2.38. The third-order valence-corrected chi connectivity index (χ3v) is 3.32. The van der Waals surface area contributed by atoms with Crippen molar-refractivity contribution in [2.24, 2.45) is 5.73 Å². The molecule has 0 bridgehead atoms. The lowest BCUT2D eigenvalue weighted by Crippen LogP contribution is -2.43. The molecule has 0 spiro atoms. The van der Waals surface area contributed by atoms with Gasteiger partial charge in [0.05, 0.1) is 18.8 Å². The summed E-state index contributed by atoms with van der Waals surface area (Å²) >= 11 is 0. The van der Waals surface area contributed by atoms with Crippen LogP contribution in [0.5, 0.6) is 5.75 Å². The van der Waals surface area contributed by atoms with E-state index >= 15 is 0 Å². The SMILES string of the molecule is COc1ccc(N)cc1C(=O)N1CC(O)CC1C(N)=O. The molecular weight excluding hydrogens is 262 g/mol. The number of methoxy groups -OCH3 is 1. The molecule has 0 aromatic heterocycles. The summed E-state index contributed by atoms with van der Waals surface area (Å²) in [6.45, 7) is 0.0599. The Morgan fingerprint density at radius 1 is 1.45 bits per heavy atom. The number of ether oxygens (including phenoxy) is 1. The van der Waals surface area contributed by atoms with Crippen molar-refractivity contribution in [2.75, 3.05) is 19.4 Å². The van der Waals surface area contributed by atoms with Crippen molar-refractivity contribution in [3.8, 4) is 5.75 Å². The molecule has 0 saturated carbocycles. The van der Waals surface area contributed by atoms with Gasteiger partial charge in [-0.1, -0.05) is 0 Å². The number of nitrogens with two attached hydrogens (primary N) is 2. The maximum Gasteiger partial charge on any atom is 0.258 e. The summed E-state index contributed by atoms with van der Waals surface area (Å²) in [4.78, 5) is 25.1. The molecule has 1 aromatic carbocycles. The molecule has 0 radical (unpaired) electrons. The number of hydrogen-bond acceptors (Lipinski definition) is 5. The van der Waals surface area contributed by atoms with Crippen molar-refractivity contribution in [2.45, 2.75) is 18.6 Å². The Morgan fingerprint density at radius 2 is 2.15 bits per heavy atom. The van der Waals surface area contributed by atoms with Crippen LogP contribution >= 0.6 is 0 Å². The highest BCUT2D eigenvalue weighted by atomic mass is 16.5. The van der Waals surface area contributed by atoms with E-state index in [4.69, 9.17) is 16.2 Å². The number of aliphatic hydroxyl groups excluding tert-OH is 1. The molecule has 7 heteroatoms. The molecule has 108 valence electrons. The summed E-state index contributed by atoms with van der Waals surface area (Å²) < 4.78 is 5.12. The Morgan fingerprint density at radius 3 is 2.75 bits per heavy atom. The number of nitrogens with zero attached hydrogens (tertiary/aromatic N) is 1. The number of aliphatic hydroxyl groups is 1. The van der Waals surface area contributed by atoms with E-state index in [1.807, 2.05) is 0 Å². The van der Waals surface area contributed by atoms with E-state index in [-0.39, 0.29) is 18.5 Å². The van der Waals surface area contributed by atoms with Crippen LogP contribution in [0.3, 0.4) is 0 Å². The molecule has 7 nitrogen and oxygen atoms in total. The number of amides is 2. The van der Waals surface area contributed by atoms with Crippen LogP contribution in [0.4, 0.5) is 5.69 Å². The molecule has 2 rings (SSSR count). The van der Waals surface area contributed by atoms with Crippen LogP contribution < -0.4 is 16.2 Å². The highest BCUT2D eigenvalue weighted by molar-refractivity contribution is 6.00. The van der Waals surface area contributed by atoms with Crippen LogP contribution in [0, 0.1) is 0 Å². The monoisotopic (exact) mass is 279 g/mol. The molecule has 1 aliphatic rings. The normalized spacial score (nSPS) is 21.8. The van der Waals surface area contributed by atoms with Gasteiger partial charge in [0, 0.05) is 18.7 Å². The molecule has 20 heavy (non-hydrogen) atoms. The van der Waals surface area contributed by atoms with Crippen LogP contribution in [0.1, 0.15) is 16.8 Å². The van der Waals surface area contributed by atoms with Gasteiger partial charge in [-0.05, 0) is 18.2 Å². The molecule has 2 amide bonds.